The Kier molecular flexibility index (Phi) is 6.39. The minimum Gasteiger partial charge on any atom is -0.494 e. The molecule has 0 radical (unpaired) electrons. The number of nitro benzene ring substituents is 1. The molecular weight excluding hydrogens is 439 g/mol. The summed E-state index contributed by atoms with van der Waals surface area (Å²) in [6.45, 7) is 2.03. The van der Waals surface area contributed by atoms with Crippen LogP contribution in [0.2, 0.25) is 0 Å². The first kappa shape index (κ1) is 22.4. The lowest BCUT2D eigenvalue weighted by Crippen LogP contribution is -2.32. The molecule has 31 heavy (non-hydrogen) atoms. The molecule has 0 aromatic heterocycles. The van der Waals surface area contributed by atoms with E-state index in [-0.39, 0.29) is 29.2 Å². The van der Waals surface area contributed by atoms with E-state index in [9.17, 15) is 32.9 Å². The quantitative estimate of drug-likeness (QED) is 0.492. The average molecular weight is 455 g/mol. The zero-order chi connectivity index (χ0) is 22.8. The van der Waals surface area contributed by atoms with Crippen LogP contribution in [0.25, 0.3) is 0 Å². The van der Waals surface area contributed by atoms with Gasteiger partial charge in [-0.2, -0.15) is 13.2 Å². The third kappa shape index (κ3) is 5.26. The number of hydrogen-bond donors (Lipinski definition) is 2. The molecule has 164 valence electrons. The maximum atomic E-state index is 12.8. The number of nitrogens with one attached hydrogen (secondary N) is 2. The monoisotopic (exact) mass is 455 g/mol. The second-order valence-corrected chi connectivity index (χ2v) is 7.67. The lowest BCUT2D eigenvalue weighted by Gasteiger charge is -2.24. The normalized spacial score (nSPS) is 15.6. The minimum atomic E-state index is -4.55. The van der Waals surface area contributed by atoms with Gasteiger partial charge in [-0.3, -0.25) is 19.7 Å². The zero-order valence-electron chi connectivity index (χ0n) is 16.0. The van der Waals surface area contributed by atoms with Crippen molar-refractivity contribution in [1.29, 1.82) is 0 Å². The Morgan fingerprint density at radius 2 is 2.03 bits per heavy atom. The van der Waals surface area contributed by atoms with Gasteiger partial charge in [0.05, 0.1) is 34.1 Å². The number of thioether (sulfide) groups is 1. The van der Waals surface area contributed by atoms with Crippen LogP contribution in [0.5, 0.6) is 5.75 Å². The fourth-order valence-corrected chi connectivity index (χ4v) is 3.95. The van der Waals surface area contributed by atoms with E-state index in [1.54, 1.807) is 6.92 Å². The van der Waals surface area contributed by atoms with Gasteiger partial charge in [0.1, 0.15) is 11.4 Å². The summed E-state index contributed by atoms with van der Waals surface area (Å²) in [7, 11) is 0. The summed E-state index contributed by atoms with van der Waals surface area (Å²) in [6.07, 6.45) is -4.88. The summed E-state index contributed by atoms with van der Waals surface area (Å²) in [5, 5.41) is 15.2. The summed E-state index contributed by atoms with van der Waals surface area (Å²) in [5.41, 5.74) is -1.31. The molecule has 1 atom stereocenters. The Morgan fingerprint density at radius 1 is 1.29 bits per heavy atom. The number of halogens is 3. The Labute approximate surface area is 178 Å². The Bertz CT molecular complexity index is 1040. The highest BCUT2D eigenvalue weighted by atomic mass is 32.2. The van der Waals surface area contributed by atoms with E-state index in [0.717, 1.165) is 23.9 Å². The van der Waals surface area contributed by atoms with Gasteiger partial charge in [-0.25, -0.2) is 0 Å². The number of benzene rings is 2. The molecule has 0 saturated carbocycles. The molecule has 2 aromatic rings. The van der Waals surface area contributed by atoms with Gasteiger partial charge < -0.3 is 15.4 Å². The fourth-order valence-electron chi connectivity index (χ4n) is 2.86. The molecule has 12 heteroatoms. The van der Waals surface area contributed by atoms with Gasteiger partial charge in [0.15, 0.2) is 0 Å². The van der Waals surface area contributed by atoms with Crippen LogP contribution >= 0.6 is 11.8 Å². The number of ether oxygens (including phenoxy) is 1. The molecule has 0 aliphatic carbocycles. The van der Waals surface area contributed by atoms with Gasteiger partial charge in [-0.1, -0.05) is 0 Å². The minimum absolute atomic E-state index is 0.0173. The molecule has 0 saturated heterocycles. The number of alkyl halides is 3. The van der Waals surface area contributed by atoms with Crippen LogP contribution in [0.15, 0.2) is 41.3 Å². The highest BCUT2D eigenvalue weighted by Gasteiger charge is 2.34. The van der Waals surface area contributed by atoms with Crippen molar-refractivity contribution in [3.63, 3.8) is 0 Å². The van der Waals surface area contributed by atoms with Crippen LogP contribution in [0.4, 0.5) is 30.2 Å². The van der Waals surface area contributed by atoms with Crippen molar-refractivity contribution in [2.75, 3.05) is 17.2 Å². The van der Waals surface area contributed by atoms with Crippen LogP contribution < -0.4 is 15.4 Å². The number of fused-ring (bicyclic) bond motifs is 1. The molecule has 8 nitrogen and oxygen atoms in total. The van der Waals surface area contributed by atoms with E-state index in [4.69, 9.17) is 4.74 Å². The van der Waals surface area contributed by atoms with Gasteiger partial charge in [0.25, 0.3) is 5.69 Å². The third-order valence-corrected chi connectivity index (χ3v) is 5.52. The summed E-state index contributed by atoms with van der Waals surface area (Å²) < 4.78 is 43.7. The molecule has 2 amide bonds. The van der Waals surface area contributed by atoms with Gasteiger partial charge in [0, 0.05) is 11.3 Å². The van der Waals surface area contributed by atoms with Crippen molar-refractivity contribution in [3.8, 4) is 5.75 Å². The maximum Gasteiger partial charge on any atom is 0.416 e. The molecule has 0 unspecified atom stereocenters. The molecule has 3 rings (SSSR count). The SMILES string of the molecule is CCOc1ccc(NC(=O)C[C@H]2Sc3ccc(C(F)(F)F)cc3NC2=O)c([N+](=O)[O-])c1. The summed E-state index contributed by atoms with van der Waals surface area (Å²) in [5.74, 6) is -1.02. The molecule has 1 aliphatic rings. The van der Waals surface area contributed by atoms with E-state index < -0.39 is 33.7 Å². The van der Waals surface area contributed by atoms with Gasteiger partial charge in [0.2, 0.25) is 11.8 Å². The number of nitro groups is 1. The standard InChI is InChI=1S/C19H16F3N3O5S/c1-2-30-11-4-5-12(14(8-11)25(28)29)23-17(26)9-16-18(27)24-13-7-10(19(20,21)22)3-6-15(13)31-16/h3-8,16H,2,9H2,1H3,(H,23,26)(H,24,27)/t16-/m1/s1. The lowest BCUT2D eigenvalue weighted by atomic mass is 10.1. The summed E-state index contributed by atoms with van der Waals surface area (Å²) >= 11 is 0.949. The van der Waals surface area contributed by atoms with Crippen LogP contribution in [-0.4, -0.2) is 28.6 Å². The Balaban J connectivity index is 1.72. The van der Waals surface area contributed by atoms with Gasteiger partial charge in [-0.15, -0.1) is 11.8 Å². The first-order valence-corrected chi connectivity index (χ1v) is 9.86. The summed E-state index contributed by atoms with van der Waals surface area (Å²) in [6, 6.07) is 6.91. The molecule has 0 spiro atoms. The highest BCUT2D eigenvalue weighted by Crippen LogP contribution is 2.40. The first-order valence-electron chi connectivity index (χ1n) is 8.98. The van der Waals surface area contributed by atoms with Crippen molar-refractivity contribution in [2.45, 2.75) is 29.7 Å². The molecule has 0 fully saturated rings. The first-order chi connectivity index (χ1) is 14.6. The van der Waals surface area contributed by atoms with E-state index in [2.05, 4.69) is 10.6 Å². The van der Waals surface area contributed by atoms with Crippen molar-refractivity contribution in [2.24, 2.45) is 0 Å². The number of carbonyl (C=O) groups excluding carboxylic acids is 2. The second kappa shape index (κ2) is 8.84. The summed E-state index contributed by atoms with van der Waals surface area (Å²) in [4.78, 5) is 35.7. The van der Waals surface area contributed by atoms with E-state index >= 15 is 0 Å². The molecule has 1 aliphatic heterocycles. The highest BCUT2D eigenvalue weighted by molar-refractivity contribution is 8.01. The molecule has 0 bridgehead atoms. The number of amides is 2. The zero-order valence-corrected chi connectivity index (χ0v) is 16.8. The van der Waals surface area contributed by atoms with E-state index in [0.29, 0.717) is 11.5 Å². The molecule has 2 N–H and O–H groups in total. The average Bonchev–Trinajstić information content (AvgIpc) is 2.68. The van der Waals surface area contributed by atoms with E-state index in [1.165, 1.54) is 24.3 Å². The predicted octanol–water partition coefficient (Wildman–Crippen LogP) is 4.45. The van der Waals surface area contributed by atoms with Crippen molar-refractivity contribution >= 4 is 40.6 Å². The largest absolute Gasteiger partial charge is 0.494 e. The second-order valence-electron chi connectivity index (χ2n) is 6.43. The van der Waals surface area contributed by atoms with Crippen molar-refractivity contribution in [1.82, 2.24) is 0 Å². The maximum absolute atomic E-state index is 12.8. The lowest BCUT2D eigenvalue weighted by molar-refractivity contribution is -0.384. The van der Waals surface area contributed by atoms with Crippen LogP contribution in [0.3, 0.4) is 0 Å². The number of nitrogens with zero attached hydrogens (tertiary/aromatic N) is 1. The molecular formula is C19H16F3N3O5S. The number of rotatable bonds is 6. The smallest absolute Gasteiger partial charge is 0.416 e. The number of anilines is 2. The van der Waals surface area contributed by atoms with Crippen LogP contribution in [-0.2, 0) is 15.8 Å². The van der Waals surface area contributed by atoms with Crippen LogP contribution in [0.1, 0.15) is 18.9 Å². The fraction of sp³-hybridized carbons (Fsp3) is 0.263. The Hall–Kier alpha value is -3.28. The topological polar surface area (TPSA) is 111 Å². The predicted molar refractivity (Wildman–Crippen MR) is 107 cm³/mol. The third-order valence-electron chi connectivity index (χ3n) is 4.25. The van der Waals surface area contributed by atoms with E-state index in [1.807, 2.05) is 0 Å². The molecule has 2 aromatic carbocycles. The Morgan fingerprint density at radius 3 is 2.68 bits per heavy atom. The van der Waals surface area contributed by atoms with Crippen molar-refractivity contribution in [3.05, 3.63) is 52.1 Å². The van der Waals surface area contributed by atoms with Crippen LogP contribution in [0, 0.1) is 10.1 Å². The van der Waals surface area contributed by atoms with Gasteiger partial charge in [-0.05, 0) is 37.3 Å². The number of hydrogen-bond acceptors (Lipinski definition) is 6. The van der Waals surface area contributed by atoms with Gasteiger partial charge >= 0.3 is 6.18 Å². The number of carbonyl (C=O) groups is 2. The molecule has 1 heterocycles. The van der Waals surface area contributed by atoms with Crippen molar-refractivity contribution < 1.29 is 32.4 Å².